The maximum atomic E-state index is 6.14. The van der Waals surface area contributed by atoms with Crippen LogP contribution < -0.4 is 0 Å². The highest BCUT2D eigenvalue weighted by molar-refractivity contribution is 6.31. The SMILES string of the molecule is CCC(CC)c1cc(C)nn2c(-c3cc4ccc(Cl)cc4[nH]3)c(C)nc12. The van der Waals surface area contributed by atoms with E-state index in [9.17, 15) is 0 Å². The number of rotatable bonds is 4. The van der Waals surface area contributed by atoms with Gasteiger partial charge in [-0.3, -0.25) is 0 Å². The van der Waals surface area contributed by atoms with Crippen LogP contribution in [0.15, 0.2) is 30.3 Å². The summed E-state index contributed by atoms with van der Waals surface area (Å²) in [6.07, 6.45) is 2.20. The summed E-state index contributed by atoms with van der Waals surface area (Å²) in [5.41, 5.74) is 7.30. The standard InChI is InChI=1S/C21H23ClN4/c1-5-14(6-2)17-9-12(3)25-26-20(13(4)23-21(17)26)19-10-15-7-8-16(22)11-18(15)24-19/h7-11,14,24H,5-6H2,1-4H3. The number of hydrogen-bond acceptors (Lipinski definition) is 2. The zero-order chi connectivity index (χ0) is 18.4. The van der Waals surface area contributed by atoms with Gasteiger partial charge < -0.3 is 4.98 Å². The van der Waals surface area contributed by atoms with E-state index in [0.717, 1.165) is 57.2 Å². The molecule has 4 nitrogen and oxygen atoms in total. The molecular formula is C21H23ClN4. The summed E-state index contributed by atoms with van der Waals surface area (Å²) in [4.78, 5) is 8.37. The number of nitrogens with one attached hydrogen (secondary N) is 1. The Hall–Kier alpha value is -2.33. The highest BCUT2D eigenvalue weighted by Crippen LogP contribution is 2.32. The fourth-order valence-electron chi connectivity index (χ4n) is 3.84. The Morgan fingerprint density at radius 2 is 1.88 bits per heavy atom. The van der Waals surface area contributed by atoms with Crippen LogP contribution in [0.1, 0.15) is 49.6 Å². The molecule has 4 aromatic rings. The molecular weight excluding hydrogens is 344 g/mol. The largest absolute Gasteiger partial charge is 0.353 e. The number of aromatic nitrogens is 4. The lowest BCUT2D eigenvalue weighted by Crippen LogP contribution is -2.05. The van der Waals surface area contributed by atoms with Gasteiger partial charge in [0.25, 0.3) is 0 Å². The molecule has 0 fully saturated rings. The summed E-state index contributed by atoms with van der Waals surface area (Å²) in [5, 5.41) is 6.64. The Balaban J connectivity index is 1.99. The van der Waals surface area contributed by atoms with E-state index in [4.69, 9.17) is 21.7 Å². The number of halogens is 1. The maximum Gasteiger partial charge on any atom is 0.158 e. The smallest absolute Gasteiger partial charge is 0.158 e. The summed E-state index contributed by atoms with van der Waals surface area (Å²) in [6.45, 7) is 8.57. The van der Waals surface area contributed by atoms with Gasteiger partial charge in [0.1, 0.15) is 5.69 Å². The molecule has 0 aliphatic carbocycles. The fraction of sp³-hybridized carbons (Fsp3) is 0.333. The highest BCUT2D eigenvalue weighted by Gasteiger charge is 2.20. The fourth-order valence-corrected chi connectivity index (χ4v) is 4.02. The molecule has 0 spiro atoms. The molecule has 4 rings (SSSR count). The van der Waals surface area contributed by atoms with Crippen molar-refractivity contribution in [3.63, 3.8) is 0 Å². The predicted octanol–water partition coefficient (Wildman–Crippen LogP) is 6.05. The van der Waals surface area contributed by atoms with Crippen molar-refractivity contribution in [3.8, 4) is 11.4 Å². The number of aryl methyl sites for hydroxylation is 2. The molecule has 0 aliphatic rings. The molecule has 0 bridgehead atoms. The van der Waals surface area contributed by atoms with Crippen LogP contribution in [0.3, 0.4) is 0 Å². The van der Waals surface area contributed by atoms with Crippen LogP contribution in [-0.2, 0) is 0 Å². The van der Waals surface area contributed by atoms with E-state index in [2.05, 4.69) is 44.8 Å². The number of benzene rings is 1. The van der Waals surface area contributed by atoms with Crippen molar-refractivity contribution in [1.29, 1.82) is 0 Å². The zero-order valence-corrected chi connectivity index (χ0v) is 16.4. The van der Waals surface area contributed by atoms with Crippen LogP contribution in [0.25, 0.3) is 27.9 Å². The molecule has 1 N–H and O–H groups in total. The van der Waals surface area contributed by atoms with E-state index in [-0.39, 0.29) is 0 Å². The van der Waals surface area contributed by atoms with Gasteiger partial charge in [-0.2, -0.15) is 5.10 Å². The minimum Gasteiger partial charge on any atom is -0.353 e. The molecule has 0 amide bonds. The molecule has 134 valence electrons. The first-order valence-corrected chi connectivity index (χ1v) is 9.55. The Morgan fingerprint density at radius 3 is 2.62 bits per heavy atom. The lowest BCUT2D eigenvalue weighted by atomic mass is 9.95. The highest BCUT2D eigenvalue weighted by atomic mass is 35.5. The number of aromatic amines is 1. The number of imidazole rings is 1. The van der Waals surface area contributed by atoms with Crippen molar-refractivity contribution in [2.45, 2.75) is 46.5 Å². The first-order valence-electron chi connectivity index (χ1n) is 9.17. The summed E-state index contributed by atoms with van der Waals surface area (Å²) < 4.78 is 2.00. The molecule has 0 saturated heterocycles. The minimum absolute atomic E-state index is 0.496. The Kier molecular flexibility index (Phi) is 4.23. The Labute approximate surface area is 158 Å². The van der Waals surface area contributed by atoms with E-state index in [1.54, 1.807) is 0 Å². The third-order valence-corrected chi connectivity index (χ3v) is 5.41. The van der Waals surface area contributed by atoms with Gasteiger partial charge >= 0.3 is 0 Å². The average Bonchev–Trinajstić information content (AvgIpc) is 3.15. The maximum absolute atomic E-state index is 6.14. The van der Waals surface area contributed by atoms with Gasteiger partial charge in [-0.1, -0.05) is 31.5 Å². The van der Waals surface area contributed by atoms with Gasteiger partial charge in [0.2, 0.25) is 0 Å². The molecule has 26 heavy (non-hydrogen) atoms. The van der Waals surface area contributed by atoms with Crippen LogP contribution in [0, 0.1) is 13.8 Å². The summed E-state index contributed by atoms with van der Waals surface area (Å²) in [6, 6.07) is 10.2. The number of nitrogens with zero attached hydrogens (tertiary/aromatic N) is 3. The van der Waals surface area contributed by atoms with Crippen LogP contribution in [0.2, 0.25) is 5.02 Å². The lowest BCUT2D eigenvalue weighted by Gasteiger charge is -2.14. The first-order chi connectivity index (χ1) is 12.5. The summed E-state index contributed by atoms with van der Waals surface area (Å²) >= 11 is 6.14. The number of fused-ring (bicyclic) bond motifs is 2. The molecule has 3 aromatic heterocycles. The Morgan fingerprint density at radius 1 is 1.12 bits per heavy atom. The average molecular weight is 367 g/mol. The summed E-state index contributed by atoms with van der Waals surface area (Å²) in [7, 11) is 0. The molecule has 0 atom stereocenters. The monoisotopic (exact) mass is 366 g/mol. The van der Waals surface area contributed by atoms with Gasteiger partial charge in [0, 0.05) is 21.5 Å². The van der Waals surface area contributed by atoms with Crippen molar-refractivity contribution in [2.24, 2.45) is 0 Å². The zero-order valence-electron chi connectivity index (χ0n) is 15.6. The normalized spacial score (nSPS) is 11.9. The van der Waals surface area contributed by atoms with Crippen LogP contribution >= 0.6 is 11.6 Å². The second kappa shape index (κ2) is 6.44. The molecule has 5 heteroatoms. The third kappa shape index (κ3) is 2.69. The van der Waals surface area contributed by atoms with Crippen molar-refractivity contribution < 1.29 is 0 Å². The van der Waals surface area contributed by atoms with Crippen molar-refractivity contribution in [2.75, 3.05) is 0 Å². The van der Waals surface area contributed by atoms with Gasteiger partial charge in [0.15, 0.2) is 5.65 Å². The molecule has 0 saturated carbocycles. The third-order valence-electron chi connectivity index (χ3n) is 5.17. The topological polar surface area (TPSA) is 46.0 Å². The van der Waals surface area contributed by atoms with E-state index < -0.39 is 0 Å². The van der Waals surface area contributed by atoms with Crippen molar-refractivity contribution >= 4 is 28.2 Å². The lowest BCUT2D eigenvalue weighted by molar-refractivity contribution is 0.638. The van der Waals surface area contributed by atoms with Crippen LogP contribution in [-0.4, -0.2) is 19.6 Å². The first kappa shape index (κ1) is 17.1. The van der Waals surface area contributed by atoms with Crippen LogP contribution in [0.4, 0.5) is 0 Å². The summed E-state index contributed by atoms with van der Waals surface area (Å²) in [5.74, 6) is 0.496. The number of H-pyrrole nitrogens is 1. The molecule has 1 aromatic carbocycles. The van der Waals surface area contributed by atoms with Gasteiger partial charge in [0.05, 0.1) is 17.1 Å². The van der Waals surface area contributed by atoms with E-state index in [0.29, 0.717) is 5.92 Å². The van der Waals surface area contributed by atoms with Gasteiger partial charge in [-0.25, -0.2) is 9.50 Å². The number of hydrogen-bond donors (Lipinski definition) is 1. The molecule has 3 heterocycles. The van der Waals surface area contributed by atoms with E-state index in [1.807, 2.05) is 22.7 Å². The van der Waals surface area contributed by atoms with Crippen molar-refractivity contribution in [3.05, 3.63) is 52.3 Å². The second-order valence-corrected chi connectivity index (χ2v) is 7.39. The van der Waals surface area contributed by atoms with E-state index in [1.165, 1.54) is 5.56 Å². The van der Waals surface area contributed by atoms with Gasteiger partial charge in [-0.05, 0) is 56.9 Å². The minimum atomic E-state index is 0.496. The quantitative estimate of drug-likeness (QED) is 0.477. The molecule has 0 aliphatic heterocycles. The Bertz CT molecular complexity index is 1100. The van der Waals surface area contributed by atoms with E-state index >= 15 is 0 Å². The predicted molar refractivity (Wildman–Crippen MR) is 108 cm³/mol. The van der Waals surface area contributed by atoms with Crippen molar-refractivity contribution in [1.82, 2.24) is 19.6 Å². The van der Waals surface area contributed by atoms with Crippen LogP contribution in [0.5, 0.6) is 0 Å². The molecule has 0 unspecified atom stereocenters. The molecule has 0 radical (unpaired) electrons. The van der Waals surface area contributed by atoms with Gasteiger partial charge in [-0.15, -0.1) is 0 Å². The second-order valence-electron chi connectivity index (χ2n) is 6.95.